The predicted molar refractivity (Wildman–Crippen MR) is 86.7 cm³/mol. The Hall–Kier alpha value is -0.730. The van der Waals surface area contributed by atoms with Gasteiger partial charge in [0, 0.05) is 35.6 Å². The van der Waals surface area contributed by atoms with Crippen LogP contribution in [0.2, 0.25) is 0 Å². The van der Waals surface area contributed by atoms with Crippen LogP contribution in [0.5, 0.6) is 0 Å². The SMILES string of the molecule is Cc1ccc(CNCCn2c(C)ncc(I)c2=O)s1. The van der Waals surface area contributed by atoms with Crippen molar-refractivity contribution >= 4 is 33.9 Å². The maximum atomic E-state index is 11.9. The van der Waals surface area contributed by atoms with E-state index in [1.807, 2.05) is 29.5 Å². The minimum atomic E-state index is 0.0434. The monoisotopic (exact) mass is 389 g/mol. The first kappa shape index (κ1) is 14.7. The molecular formula is C13H16IN3OS. The topological polar surface area (TPSA) is 46.9 Å². The van der Waals surface area contributed by atoms with Crippen LogP contribution < -0.4 is 10.9 Å². The Morgan fingerprint density at radius 2 is 2.21 bits per heavy atom. The molecule has 2 aromatic heterocycles. The molecule has 2 heterocycles. The summed E-state index contributed by atoms with van der Waals surface area (Å²) >= 11 is 3.82. The summed E-state index contributed by atoms with van der Waals surface area (Å²) in [7, 11) is 0. The molecule has 0 aliphatic carbocycles. The first-order valence-electron chi connectivity index (χ1n) is 6.06. The van der Waals surface area contributed by atoms with Gasteiger partial charge in [-0.1, -0.05) is 0 Å². The lowest BCUT2D eigenvalue weighted by Gasteiger charge is -2.09. The number of aromatic nitrogens is 2. The third kappa shape index (κ3) is 3.87. The zero-order valence-corrected chi connectivity index (χ0v) is 13.9. The standard InChI is InChI=1S/C13H16IN3OS/c1-9-3-4-11(19-9)7-15-5-6-17-10(2)16-8-12(14)13(17)18/h3-4,8,15H,5-7H2,1-2H3. The number of hydrogen-bond acceptors (Lipinski definition) is 4. The van der Waals surface area contributed by atoms with Crippen LogP contribution in [0.25, 0.3) is 0 Å². The van der Waals surface area contributed by atoms with Gasteiger partial charge in [-0.25, -0.2) is 4.98 Å². The zero-order valence-electron chi connectivity index (χ0n) is 10.9. The van der Waals surface area contributed by atoms with E-state index >= 15 is 0 Å². The lowest BCUT2D eigenvalue weighted by molar-refractivity contribution is 0.565. The molecule has 0 unspecified atom stereocenters. The average molecular weight is 389 g/mol. The highest BCUT2D eigenvalue weighted by Gasteiger charge is 2.04. The van der Waals surface area contributed by atoms with Crippen molar-refractivity contribution in [3.63, 3.8) is 0 Å². The number of aryl methyl sites for hydroxylation is 2. The molecule has 0 aliphatic rings. The summed E-state index contributed by atoms with van der Waals surface area (Å²) in [6.45, 7) is 6.23. The Bertz CT molecular complexity index is 621. The van der Waals surface area contributed by atoms with Crippen molar-refractivity contribution in [1.82, 2.24) is 14.9 Å². The quantitative estimate of drug-likeness (QED) is 0.631. The van der Waals surface area contributed by atoms with E-state index in [0.29, 0.717) is 10.1 Å². The third-order valence-corrected chi connectivity index (χ3v) is 4.55. The Morgan fingerprint density at radius 1 is 1.42 bits per heavy atom. The Labute approximate surface area is 130 Å². The van der Waals surface area contributed by atoms with Crippen molar-refractivity contribution in [3.8, 4) is 0 Å². The van der Waals surface area contributed by atoms with Crippen molar-refractivity contribution in [2.75, 3.05) is 6.54 Å². The van der Waals surface area contributed by atoms with Crippen LogP contribution in [-0.2, 0) is 13.1 Å². The predicted octanol–water partition coefficient (Wildman–Crippen LogP) is 2.32. The summed E-state index contributed by atoms with van der Waals surface area (Å²) in [5.41, 5.74) is 0.0434. The van der Waals surface area contributed by atoms with Crippen molar-refractivity contribution < 1.29 is 0 Å². The number of nitrogens with one attached hydrogen (secondary N) is 1. The van der Waals surface area contributed by atoms with Crippen molar-refractivity contribution in [2.45, 2.75) is 26.9 Å². The second-order valence-electron chi connectivity index (χ2n) is 4.30. The van der Waals surface area contributed by atoms with E-state index in [1.165, 1.54) is 9.75 Å². The van der Waals surface area contributed by atoms with Gasteiger partial charge in [-0.2, -0.15) is 0 Å². The normalized spacial score (nSPS) is 10.9. The molecule has 0 saturated carbocycles. The highest BCUT2D eigenvalue weighted by atomic mass is 127. The molecule has 0 radical (unpaired) electrons. The van der Waals surface area contributed by atoms with Gasteiger partial charge < -0.3 is 5.32 Å². The summed E-state index contributed by atoms with van der Waals surface area (Å²) in [5.74, 6) is 0.763. The van der Waals surface area contributed by atoms with Crippen LogP contribution in [0.3, 0.4) is 0 Å². The summed E-state index contributed by atoms with van der Waals surface area (Å²) in [5, 5.41) is 3.36. The lowest BCUT2D eigenvalue weighted by Crippen LogP contribution is -2.30. The summed E-state index contributed by atoms with van der Waals surface area (Å²) in [4.78, 5) is 18.8. The molecule has 0 aliphatic heterocycles. The van der Waals surface area contributed by atoms with Gasteiger partial charge >= 0.3 is 0 Å². The minimum absolute atomic E-state index is 0.0434. The number of hydrogen-bond donors (Lipinski definition) is 1. The minimum Gasteiger partial charge on any atom is -0.310 e. The molecular weight excluding hydrogens is 373 g/mol. The summed E-state index contributed by atoms with van der Waals surface area (Å²) in [6, 6.07) is 4.26. The van der Waals surface area contributed by atoms with Gasteiger partial charge in [0.15, 0.2) is 0 Å². The molecule has 0 atom stereocenters. The molecule has 0 fully saturated rings. The van der Waals surface area contributed by atoms with Crippen LogP contribution in [-0.4, -0.2) is 16.1 Å². The first-order valence-corrected chi connectivity index (χ1v) is 7.95. The lowest BCUT2D eigenvalue weighted by atomic mass is 10.4. The van der Waals surface area contributed by atoms with Crippen LogP contribution >= 0.6 is 33.9 Å². The second-order valence-corrected chi connectivity index (χ2v) is 6.83. The summed E-state index contributed by atoms with van der Waals surface area (Å²) in [6.07, 6.45) is 1.62. The van der Waals surface area contributed by atoms with Gasteiger partial charge in [-0.05, 0) is 48.6 Å². The fourth-order valence-electron chi connectivity index (χ4n) is 1.80. The molecule has 0 aromatic carbocycles. The van der Waals surface area contributed by atoms with Gasteiger partial charge in [0.2, 0.25) is 0 Å². The highest BCUT2D eigenvalue weighted by molar-refractivity contribution is 14.1. The molecule has 4 nitrogen and oxygen atoms in total. The highest BCUT2D eigenvalue weighted by Crippen LogP contribution is 2.14. The third-order valence-electron chi connectivity index (χ3n) is 2.81. The molecule has 0 spiro atoms. The molecule has 19 heavy (non-hydrogen) atoms. The number of thiophene rings is 1. The molecule has 1 N–H and O–H groups in total. The molecule has 2 aromatic rings. The van der Waals surface area contributed by atoms with Crippen molar-refractivity contribution in [3.05, 3.63) is 47.8 Å². The zero-order chi connectivity index (χ0) is 13.8. The van der Waals surface area contributed by atoms with Gasteiger partial charge in [0.25, 0.3) is 5.56 Å². The van der Waals surface area contributed by atoms with Crippen LogP contribution in [0.15, 0.2) is 23.1 Å². The number of nitrogens with zero attached hydrogens (tertiary/aromatic N) is 2. The molecule has 6 heteroatoms. The van der Waals surface area contributed by atoms with E-state index in [1.54, 1.807) is 22.1 Å². The first-order chi connectivity index (χ1) is 9.08. The smallest absolute Gasteiger partial charge is 0.266 e. The van der Waals surface area contributed by atoms with Crippen molar-refractivity contribution in [2.24, 2.45) is 0 Å². The van der Waals surface area contributed by atoms with E-state index in [9.17, 15) is 4.79 Å². The van der Waals surface area contributed by atoms with Gasteiger partial charge in [0.05, 0.1) is 3.57 Å². The molecule has 0 amide bonds. The maximum Gasteiger partial charge on any atom is 0.266 e. The van der Waals surface area contributed by atoms with Crippen LogP contribution in [0, 0.1) is 17.4 Å². The fraction of sp³-hybridized carbons (Fsp3) is 0.385. The van der Waals surface area contributed by atoms with E-state index in [-0.39, 0.29) is 5.56 Å². The van der Waals surface area contributed by atoms with Gasteiger partial charge in [0.1, 0.15) is 5.82 Å². The maximum absolute atomic E-state index is 11.9. The molecule has 2 rings (SSSR count). The largest absolute Gasteiger partial charge is 0.310 e. The summed E-state index contributed by atoms with van der Waals surface area (Å²) < 4.78 is 2.38. The van der Waals surface area contributed by atoms with Crippen LogP contribution in [0.1, 0.15) is 15.6 Å². The molecule has 0 saturated heterocycles. The second kappa shape index (κ2) is 6.62. The Kier molecular flexibility index (Phi) is 5.12. The van der Waals surface area contributed by atoms with Crippen LogP contribution in [0.4, 0.5) is 0 Å². The van der Waals surface area contributed by atoms with E-state index in [4.69, 9.17) is 0 Å². The van der Waals surface area contributed by atoms with Gasteiger partial charge in [-0.3, -0.25) is 9.36 Å². The Morgan fingerprint density at radius 3 is 2.89 bits per heavy atom. The van der Waals surface area contributed by atoms with E-state index in [2.05, 4.69) is 29.4 Å². The number of rotatable bonds is 5. The Balaban J connectivity index is 1.89. The van der Waals surface area contributed by atoms with E-state index in [0.717, 1.165) is 18.9 Å². The fourth-order valence-corrected chi connectivity index (χ4v) is 3.09. The van der Waals surface area contributed by atoms with E-state index < -0.39 is 0 Å². The van der Waals surface area contributed by atoms with Gasteiger partial charge in [-0.15, -0.1) is 11.3 Å². The molecule has 0 bridgehead atoms. The average Bonchev–Trinajstić information content (AvgIpc) is 2.79. The molecule has 102 valence electrons. The number of halogens is 1. The van der Waals surface area contributed by atoms with Crippen molar-refractivity contribution in [1.29, 1.82) is 0 Å².